The number of ether oxygens (including phenoxy) is 1. The number of hydrogen-bond acceptors (Lipinski definition) is 1. The SMILES string of the molecule is CCOc1ccc(Br)cc1C(Cl)c1cc(C)ccc1F. The first-order chi connectivity index (χ1) is 9.52. The van der Waals surface area contributed by atoms with E-state index in [0.717, 1.165) is 15.6 Å². The van der Waals surface area contributed by atoms with Gasteiger partial charge in [0.05, 0.1) is 12.0 Å². The first-order valence-corrected chi connectivity index (χ1v) is 7.58. The van der Waals surface area contributed by atoms with Gasteiger partial charge in [0, 0.05) is 15.6 Å². The first kappa shape index (κ1) is 15.3. The Bertz CT molecular complexity index is 615. The molecule has 0 aliphatic heterocycles. The van der Waals surface area contributed by atoms with Crippen LogP contribution in [0.2, 0.25) is 0 Å². The molecule has 1 unspecified atom stereocenters. The molecule has 0 bridgehead atoms. The summed E-state index contributed by atoms with van der Waals surface area (Å²) in [5.74, 6) is 0.370. The van der Waals surface area contributed by atoms with Gasteiger partial charge in [-0.3, -0.25) is 0 Å². The Kier molecular flexibility index (Phi) is 5.06. The van der Waals surface area contributed by atoms with E-state index in [1.54, 1.807) is 12.1 Å². The van der Waals surface area contributed by atoms with Crippen LogP contribution in [0, 0.1) is 12.7 Å². The standard InChI is InChI=1S/C16H15BrClFO/c1-3-20-15-7-5-11(17)9-13(15)16(18)12-8-10(2)4-6-14(12)19/h4-9,16H,3H2,1-2H3. The fraction of sp³-hybridized carbons (Fsp3) is 0.250. The third-order valence-electron chi connectivity index (χ3n) is 2.97. The second-order valence-electron chi connectivity index (χ2n) is 4.50. The minimum Gasteiger partial charge on any atom is -0.494 e. The number of rotatable bonds is 4. The highest BCUT2D eigenvalue weighted by atomic mass is 79.9. The molecule has 0 amide bonds. The molecule has 4 heteroatoms. The Morgan fingerprint density at radius 1 is 1.20 bits per heavy atom. The van der Waals surface area contributed by atoms with Crippen LogP contribution in [0.4, 0.5) is 4.39 Å². The van der Waals surface area contributed by atoms with Crippen molar-refractivity contribution in [3.05, 3.63) is 63.4 Å². The zero-order valence-corrected chi connectivity index (χ0v) is 13.6. The first-order valence-electron chi connectivity index (χ1n) is 6.35. The highest BCUT2D eigenvalue weighted by Crippen LogP contribution is 2.38. The molecule has 0 saturated carbocycles. The summed E-state index contributed by atoms with van der Waals surface area (Å²) in [4.78, 5) is 0. The predicted molar refractivity (Wildman–Crippen MR) is 84.1 cm³/mol. The number of alkyl halides is 1. The van der Waals surface area contributed by atoms with Crippen molar-refractivity contribution < 1.29 is 9.13 Å². The van der Waals surface area contributed by atoms with Gasteiger partial charge in [0.2, 0.25) is 0 Å². The van der Waals surface area contributed by atoms with Crippen molar-refractivity contribution in [3.63, 3.8) is 0 Å². The lowest BCUT2D eigenvalue weighted by atomic mass is 10.0. The van der Waals surface area contributed by atoms with Crippen LogP contribution in [-0.2, 0) is 0 Å². The van der Waals surface area contributed by atoms with Crippen molar-refractivity contribution >= 4 is 27.5 Å². The van der Waals surface area contributed by atoms with Crippen LogP contribution in [0.15, 0.2) is 40.9 Å². The Labute approximate surface area is 131 Å². The molecule has 0 spiro atoms. The lowest BCUT2D eigenvalue weighted by Gasteiger charge is -2.17. The van der Waals surface area contributed by atoms with Gasteiger partial charge in [-0.15, -0.1) is 11.6 Å². The third kappa shape index (κ3) is 3.33. The van der Waals surface area contributed by atoms with E-state index in [1.807, 2.05) is 32.0 Å². The topological polar surface area (TPSA) is 9.23 Å². The van der Waals surface area contributed by atoms with Crippen molar-refractivity contribution in [3.8, 4) is 5.75 Å². The van der Waals surface area contributed by atoms with Gasteiger partial charge in [-0.1, -0.05) is 33.6 Å². The highest BCUT2D eigenvalue weighted by molar-refractivity contribution is 9.10. The van der Waals surface area contributed by atoms with E-state index in [9.17, 15) is 4.39 Å². The normalized spacial score (nSPS) is 12.2. The zero-order chi connectivity index (χ0) is 14.7. The maximum absolute atomic E-state index is 14.0. The molecule has 1 nitrogen and oxygen atoms in total. The number of halogens is 3. The molecule has 2 aromatic carbocycles. The maximum atomic E-state index is 14.0. The molecule has 2 aromatic rings. The van der Waals surface area contributed by atoms with Gasteiger partial charge in [0.1, 0.15) is 11.6 Å². The Morgan fingerprint density at radius 2 is 1.95 bits per heavy atom. The van der Waals surface area contributed by atoms with Gasteiger partial charge in [-0.25, -0.2) is 4.39 Å². The van der Waals surface area contributed by atoms with E-state index in [4.69, 9.17) is 16.3 Å². The van der Waals surface area contributed by atoms with Crippen molar-refractivity contribution in [2.24, 2.45) is 0 Å². The molecule has 0 aromatic heterocycles. The van der Waals surface area contributed by atoms with E-state index >= 15 is 0 Å². The summed E-state index contributed by atoms with van der Waals surface area (Å²) in [7, 11) is 0. The quantitative estimate of drug-likeness (QED) is 0.645. The lowest BCUT2D eigenvalue weighted by Crippen LogP contribution is -2.02. The summed E-state index contributed by atoms with van der Waals surface area (Å²) in [5, 5.41) is -0.589. The van der Waals surface area contributed by atoms with Gasteiger partial charge in [-0.2, -0.15) is 0 Å². The Balaban J connectivity index is 2.49. The summed E-state index contributed by atoms with van der Waals surface area (Å²) in [6.45, 7) is 4.35. The van der Waals surface area contributed by atoms with Gasteiger partial charge in [-0.05, 0) is 38.1 Å². The number of aryl methyl sites for hydroxylation is 1. The molecule has 1 atom stereocenters. The molecule has 2 rings (SSSR count). The van der Waals surface area contributed by atoms with Crippen LogP contribution in [0.1, 0.15) is 29.0 Å². The molecular formula is C16H15BrClFO. The van der Waals surface area contributed by atoms with Crippen LogP contribution in [-0.4, -0.2) is 6.61 Å². The van der Waals surface area contributed by atoms with E-state index in [-0.39, 0.29) is 5.82 Å². The summed E-state index contributed by atoms with van der Waals surface area (Å²) < 4.78 is 20.4. The number of benzene rings is 2. The van der Waals surface area contributed by atoms with E-state index in [2.05, 4.69) is 15.9 Å². The summed E-state index contributed by atoms with van der Waals surface area (Å²) >= 11 is 9.89. The van der Waals surface area contributed by atoms with Crippen molar-refractivity contribution in [2.75, 3.05) is 6.61 Å². The minimum absolute atomic E-state index is 0.307. The van der Waals surface area contributed by atoms with Crippen LogP contribution >= 0.6 is 27.5 Å². The monoisotopic (exact) mass is 356 g/mol. The molecule has 0 aliphatic rings. The molecule has 0 radical (unpaired) electrons. The largest absolute Gasteiger partial charge is 0.494 e. The Hall–Kier alpha value is -1.06. The molecule has 106 valence electrons. The third-order valence-corrected chi connectivity index (χ3v) is 3.93. The lowest BCUT2D eigenvalue weighted by molar-refractivity contribution is 0.336. The smallest absolute Gasteiger partial charge is 0.128 e. The second kappa shape index (κ2) is 6.59. The molecule has 0 fully saturated rings. The molecule has 0 heterocycles. The minimum atomic E-state index is -0.589. The summed E-state index contributed by atoms with van der Waals surface area (Å²) in [6, 6.07) is 10.5. The van der Waals surface area contributed by atoms with Crippen LogP contribution in [0.5, 0.6) is 5.75 Å². The van der Waals surface area contributed by atoms with Crippen LogP contribution in [0.25, 0.3) is 0 Å². The van der Waals surface area contributed by atoms with Crippen LogP contribution < -0.4 is 4.74 Å². The highest BCUT2D eigenvalue weighted by Gasteiger charge is 2.19. The van der Waals surface area contributed by atoms with Gasteiger partial charge < -0.3 is 4.74 Å². The van der Waals surface area contributed by atoms with E-state index in [0.29, 0.717) is 17.9 Å². The molecular weight excluding hydrogens is 343 g/mol. The van der Waals surface area contributed by atoms with E-state index in [1.165, 1.54) is 6.07 Å². The predicted octanol–water partition coefficient (Wildman–Crippen LogP) is 5.62. The average molecular weight is 358 g/mol. The van der Waals surface area contributed by atoms with E-state index < -0.39 is 5.38 Å². The van der Waals surface area contributed by atoms with Gasteiger partial charge >= 0.3 is 0 Å². The average Bonchev–Trinajstić information content (AvgIpc) is 2.43. The fourth-order valence-corrected chi connectivity index (χ4v) is 2.75. The maximum Gasteiger partial charge on any atom is 0.128 e. The Morgan fingerprint density at radius 3 is 2.65 bits per heavy atom. The fourth-order valence-electron chi connectivity index (χ4n) is 2.03. The molecule has 0 saturated heterocycles. The molecule has 0 aliphatic carbocycles. The molecule has 0 N–H and O–H groups in total. The number of hydrogen-bond donors (Lipinski definition) is 0. The van der Waals surface area contributed by atoms with Crippen molar-refractivity contribution in [1.82, 2.24) is 0 Å². The summed E-state index contributed by atoms with van der Waals surface area (Å²) in [5.41, 5.74) is 2.19. The second-order valence-corrected chi connectivity index (χ2v) is 5.85. The van der Waals surface area contributed by atoms with Crippen molar-refractivity contribution in [1.29, 1.82) is 0 Å². The van der Waals surface area contributed by atoms with Gasteiger partial charge in [0.25, 0.3) is 0 Å². The van der Waals surface area contributed by atoms with Gasteiger partial charge in [0.15, 0.2) is 0 Å². The zero-order valence-electron chi connectivity index (χ0n) is 11.3. The van der Waals surface area contributed by atoms with Crippen molar-refractivity contribution in [2.45, 2.75) is 19.2 Å². The molecule has 20 heavy (non-hydrogen) atoms. The van der Waals surface area contributed by atoms with Crippen LogP contribution in [0.3, 0.4) is 0 Å². The summed E-state index contributed by atoms with van der Waals surface area (Å²) in [6.07, 6.45) is 0.